The maximum atomic E-state index is 11.3. The Balaban J connectivity index is 2.22. The number of aliphatic hydroxyl groups is 1. The van der Waals surface area contributed by atoms with Gasteiger partial charge in [-0.15, -0.1) is 0 Å². The van der Waals surface area contributed by atoms with Gasteiger partial charge in [-0.1, -0.05) is 11.6 Å². The molecule has 0 atom stereocenters. The van der Waals surface area contributed by atoms with E-state index >= 15 is 0 Å². The number of benzene rings is 1. The van der Waals surface area contributed by atoms with E-state index in [0.717, 1.165) is 18.7 Å². The molecule has 0 spiro atoms. The summed E-state index contributed by atoms with van der Waals surface area (Å²) in [4.78, 5) is 13.6. The molecule has 1 saturated carbocycles. The largest absolute Gasteiger partial charge is 0.396 e. The van der Waals surface area contributed by atoms with E-state index < -0.39 is 0 Å². The summed E-state index contributed by atoms with van der Waals surface area (Å²) in [5, 5.41) is 9.64. The highest BCUT2D eigenvalue weighted by atomic mass is 35.5. The molecule has 1 N–H and O–H groups in total. The molecule has 2 rings (SSSR count). The predicted molar refractivity (Wildman–Crippen MR) is 78.1 cm³/mol. The number of ketones is 1. The molecule has 3 nitrogen and oxygen atoms in total. The number of aliphatic hydroxyl groups excluding tert-OH is 1. The summed E-state index contributed by atoms with van der Waals surface area (Å²) >= 11 is 6.32. The van der Waals surface area contributed by atoms with Gasteiger partial charge in [-0.05, 0) is 50.8 Å². The number of hydrogen-bond donors (Lipinski definition) is 1. The van der Waals surface area contributed by atoms with Crippen LogP contribution in [0.5, 0.6) is 0 Å². The van der Waals surface area contributed by atoms with E-state index in [1.807, 2.05) is 12.1 Å². The van der Waals surface area contributed by atoms with Crippen LogP contribution in [0.4, 0.5) is 5.69 Å². The summed E-state index contributed by atoms with van der Waals surface area (Å²) in [5.41, 5.74) is 1.62. The fourth-order valence-corrected chi connectivity index (χ4v) is 2.69. The first kappa shape index (κ1) is 14.4. The van der Waals surface area contributed by atoms with Gasteiger partial charge in [0.05, 0.1) is 10.7 Å². The van der Waals surface area contributed by atoms with E-state index in [4.69, 9.17) is 16.7 Å². The molecular formula is C15H20ClNO2. The summed E-state index contributed by atoms with van der Waals surface area (Å²) in [5.74, 6) is 0.0269. The highest BCUT2D eigenvalue weighted by molar-refractivity contribution is 6.33. The fraction of sp³-hybridized carbons (Fsp3) is 0.533. The first-order valence-electron chi connectivity index (χ1n) is 6.81. The number of hydrogen-bond acceptors (Lipinski definition) is 3. The van der Waals surface area contributed by atoms with E-state index in [9.17, 15) is 4.79 Å². The first-order valence-corrected chi connectivity index (χ1v) is 7.19. The van der Waals surface area contributed by atoms with E-state index in [0.29, 0.717) is 16.6 Å². The lowest BCUT2D eigenvalue weighted by molar-refractivity contribution is 0.101. The monoisotopic (exact) mass is 281 g/mol. The van der Waals surface area contributed by atoms with Crippen molar-refractivity contribution in [3.8, 4) is 0 Å². The van der Waals surface area contributed by atoms with Gasteiger partial charge in [0.15, 0.2) is 5.78 Å². The van der Waals surface area contributed by atoms with Crippen molar-refractivity contribution >= 4 is 23.1 Å². The van der Waals surface area contributed by atoms with Crippen LogP contribution in [0.1, 0.15) is 43.0 Å². The summed E-state index contributed by atoms with van der Waals surface area (Å²) in [6.45, 7) is 2.54. The third kappa shape index (κ3) is 3.28. The number of rotatable bonds is 6. The highest BCUT2D eigenvalue weighted by Gasteiger charge is 2.26. The second-order valence-electron chi connectivity index (χ2n) is 5.08. The van der Waals surface area contributed by atoms with Gasteiger partial charge in [0, 0.05) is 24.8 Å². The number of nitrogens with zero attached hydrogens (tertiary/aromatic N) is 1. The smallest absolute Gasteiger partial charge is 0.159 e. The topological polar surface area (TPSA) is 40.5 Å². The Morgan fingerprint density at radius 1 is 1.47 bits per heavy atom. The minimum Gasteiger partial charge on any atom is -0.396 e. The van der Waals surface area contributed by atoms with Crippen LogP contribution in [0.15, 0.2) is 18.2 Å². The number of Topliss-reactive ketones (excluding diaryl/α,β-unsaturated/α-hetero) is 1. The van der Waals surface area contributed by atoms with Crippen LogP contribution in [0.3, 0.4) is 0 Å². The Hall–Kier alpha value is -1.06. The highest BCUT2D eigenvalue weighted by Crippen LogP contribution is 2.34. The van der Waals surface area contributed by atoms with Gasteiger partial charge in [0.2, 0.25) is 0 Å². The van der Waals surface area contributed by atoms with Crippen LogP contribution in [-0.4, -0.2) is 30.1 Å². The summed E-state index contributed by atoms with van der Waals surface area (Å²) in [7, 11) is 0. The molecule has 1 aliphatic carbocycles. The fourth-order valence-electron chi connectivity index (χ4n) is 2.40. The molecule has 0 radical (unpaired) electrons. The average Bonchev–Trinajstić information content (AvgIpc) is 2.32. The lowest BCUT2D eigenvalue weighted by Crippen LogP contribution is -2.41. The third-order valence-electron chi connectivity index (χ3n) is 3.74. The molecule has 0 saturated heterocycles. The van der Waals surface area contributed by atoms with Gasteiger partial charge in [0.25, 0.3) is 0 Å². The number of halogens is 1. The van der Waals surface area contributed by atoms with Crippen LogP contribution >= 0.6 is 11.6 Å². The SMILES string of the molecule is CC(=O)c1ccc(N(CCCO)C2CCC2)c(Cl)c1. The molecule has 1 fully saturated rings. The van der Waals surface area contributed by atoms with Crippen LogP contribution in [0.2, 0.25) is 5.02 Å². The Morgan fingerprint density at radius 3 is 2.68 bits per heavy atom. The van der Waals surface area contributed by atoms with Gasteiger partial charge in [-0.25, -0.2) is 0 Å². The van der Waals surface area contributed by atoms with Crippen molar-refractivity contribution in [2.45, 2.75) is 38.6 Å². The molecule has 4 heteroatoms. The number of carbonyl (C=O) groups excluding carboxylic acids is 1. The molecule has 1 aromatic carbocycles. The second-order valence-corrected chi connectivity index (χ2v) is 5.48. The van der Waals surface area contributed by atoms with Gasteiger partial charge >= 0.3 is 0 Å². The van der Waals surface area contributed by atoms with Crippen molar-refractivity contribution in [2.24, 2.45) is 0 Å². The van der Waals surface area contributed by atoms with Crippen LogP contribution < -0.4 is 4.90 Å². The molecule has 1 aromatic rings. The zero-order chi connectivity index (χ0) is 13.8. The van der Waals surface area contributed by atoms with E-state index in [-0.39, 0.29) is 12.4 Å². The molecular weight excluding hydrogens is 262 g/mol. The molecule has 0 aromatic heterocycles. The van der Waals surface area contributed by atoms with Crippen molar-refractivity contribution in [1.29, 1.82) is 0 Å². The van der Waals surface area contributed by atoms with Crippen LogP contribution in [0.25, 0.3) is 0 Å². The summed E-state index contributed by atoms with van der Waals surface area (Å²) in [6, 6.07) is 6.01. The quantitative estimate of drug-likeness (QED) is 0.814. The van der Waals surface area contributed by atoms with Crippen LogP contribution in [0, 0.1) is 0 Å². The Morgan fingerprint density at radius 2 is 2.21 bits per heavy atom. The molecule has 19 heavy (non-hydrogen) atoms. The van der Waals surface area contributed by atoms with E-state index in [1.54, 1.807) is 13.0 Å². The minimum atomic E-state index is 0.0269. The predicted octanol–water partition coefficient (Wildman–Crippen LogP) is 3.28. The van der Waals surface area contributed by atoms with Crippen molar-refractivity contribution in [3.63, 3.8) is 0 Å². The second kappa shape index (κ2) is 6.40. The third-order valence-corrected chi connectivity index (χ3v) is 4.04. The molecule has 104 valence electrons. The average molecular weight is 282 g/mol. The molecule has 0 bridgehead atoms. The lowest BCUT2D eigenvalue weighted by Gasteiger charge is -2.39. The Kier molecular flexibility index (Phi) is 4.83. The molecule has 0 aliphatic heterocycles. The molecule has 1 aliphatic rings. The van der Waals surface area contributed by atoms with Crippen molar-refractivity contribution in [1.82, 2.24) is 0 Å². The minimum absolute atomic E-state index is 0.0269. The van der Waals surface area contributed by atoms with E-state index in [1.165, 1.54) is 19.3 Å². The lowest BCUT2D eigenvalue weighted by atomic mass is 9.90. The van der Waals surface area contributed by atoms with Gasteiger partial charge in [-0.2, -0.15) is 0 Å². The standard InChI is InChI=1S/C15H20ClNO2/c1-11(19)12-6-7-15(14(16)10-12)17(8-3-9-18)13-4-2-5-13/h6-7,10,13,18H,2-5,8-9H2,1H3. The Bertz CT molecular complexity index is 457. The summed E-state index contributed by atoms with van der Waals surface area (Å²) in [6.07, 6.45) is 4.34. The molecule has 0 amide bonds. The zero-order valence-electron chi connectivity index (χ0n) is 11.2. The van der Waals surface area contributed by atoms with Crippen LogP contribution in [-0.2, 0) is 0 Å². The van der Waals surface area contributed by atoms with Crippen molar-refractivity contribution in [3.05, 3.63) is 28.8 Å². The van der Waals surface area contributed by atoms with Gasteiger partial charge in [0.1, 0.15) is 0 Å². The molecule has 0 unspecified atom stereocenters. The van der Waals surface area contributed by atoms with Crippen molar-refractivity contribution < 1.29 is 9.90 Å². The maximum Gasteiger partial charge on any atom is 0.159 e. The maximum absolute atomic E-state index is 11.3. The Labute approximate surface area is 119 Å². The molecule has 0 heterocycles. The van der Waals surface area contributed by atoms with Gasteiger partial charge in [-0.3, -0.25) is 4.79 Å². The first-order chi connectivity index (χ1) is 9.13. The summed E-state index contributed by atoms with van der Waals surface area (Å²) < 4.78 is 0. The zero-order valence-corrected chi connectivity index (χ0v) is 12.0. The van der Waals surface area contributed by atoms with Crippen molar-refractivity contribution in [2.75, 3.05) is 18.1 Å². The van der Waals surface area contributed by atoms with Gasteiger partial charge < -0.3 is 10.0 Å². The van der Waals surface area contributed by atoms with E-state index in [2.05, 4.69) is 4.90 Å². The number of anilines is 1. The number of carbonyl (C=O) groups is 1. The normalized spacial score (nSPS) is 15.1.